The summed E-state index contributed by atoms with van der Waals surface area (Å²) < 4.78 is 13.6. The maximum atomic E-state index is 12.9. The smallest absolute Gasteiger partial charge is 0.252 e. The molecule has 0 spiro atoms. The summed E-state index contributed by atoms with van der Waals surface area (Å²) in [6, 6.07) is 4.20. The Hall–Kier alpha value is -0.690. The molecular formula is C12H14FIN2O. The lowest BCUT2D eigenvalue weighted by atomic mass is 10.0. The Labute approximate surface area is 113 Å². The van der Waals surface area contributed by atoms with Crippen molar-refractivity contribution in [3.8, 4) is 0 Å². The van der Waals surface area contributed by atoms with Crippen LogP contribution in [0, 0.1) is 9.39 Å². The van der Waals surface area contributed by atoms with Crippen molar-refractivity contribution in [3.63, 3.8) is 0 Å². The molecule has 5 heteroatoms. The van der Waals surface area contributed by atoms with E-state index in [1.807, 2.05) is 29.5 Å². The summed E-state index contributed by atoms with van der Waals surface area (Å²) in [4.78, 5) is 12.1. The van der Waals surface area contributed by atoms with Crippen molar-refractivity contribution >= 4 is 28.5 Å². The molecule has 17 heavy (non-hydrogen) atoms. The molecule has 3 nitrogen and oxygen atoms in total. The van der Waals surface area contributed by atoms with Gasteiger partial charge in [-0.1, -0.05) is 0 Å². The standard InChI is InChI=1S/C12H14FIN2O/c1-12(4-5-15-7-12)16-11(17)9-3-2-8(13)6-10(9)14/h2-3,6,15H,4-5,7H2,1H3,(H,16,17). The number of rotatable bonds is 2. The normalized spacial score (nSPS) is 23.7. The summed E-state index contributed by atoms with van der Waals surface area (Å²) >= 11 is 1.98. The van der Waals surface area contributed by atoms with Crippen molar-refractivity contribution in [1.29, 1.82) is 0 Å². The first-order valence-electron chi connectivity index (χ1n) is 5.48. The second-order valence-corrected chi connectivity index (χ2v) is 5.73. The van der Waals surface area contributed by atoms with Crippen molar-refractivity contribution in [2.24, 2.45) is 0 Å². The molecule has 2 N–H and O–H groups in total. The van der Waals surface area contributed by atoms with Crippen LogP contribution in [0.2, 0.25) is 0 Å². The summed E-state index contributed by atoms with van der Waals surface area (Å²) in [6.45, 7) is 3.70. The fourth-order valence-corrected chi connectivity index (χ4v) is 2.66. The van der Waals surface area contributed by atoms with Gasteiger partial charge in [-0.05, 0) is 60.7 Å². The second-order valence-electron chi connectivity index (χ2n) is 4.57. The van der Waals surface area contributed by atoms with Crippen LogP contribution in [-0.2, 0) is 0 Å². The van der Waals surface area contributed by atoms with Crippen molar-refractivity contribution in [3.05, 3.63) is 33.1 Å². The van der Waals surface area contributed by atoms with Gasteiger partial charge in [0.1, 0.15) is 5.82 Å². The third-order valence-corrected chi connectivity index (χ3v) is 3.85. The van der Waals surface area contributed by atoms with Crippen molar-refractivity contribution in [2.75, 3.05) is 13.1 Å². The van der Waals surface area contributed by atoms with Crippen LogP contribution in [0.25, 0.3) is 0 Å². The van der Waals surface area contributed by atoms with Gasteiger partial charge >= 0.3 is 0 Å². The molecule has 92 valence electrons. The van der Waals surface area contributed by atoms with Gasteiger partial charge in [0.15, 0.2) is 0 Å². The van der Waals surface area contributed by atoms with Gasteiger partial charge in [-0.15, -0.1) is 0 Å². The molecule has 1 aliphatic rings. The first-order chi connectivity index (χ1) is 8.00. The van der Waals surface area contributed by atoms with Gasteiger partial charge in [0, 0.05) is 10.1 Å². The highest BCUT2D eigenvalue weighted by atomic mass is 127. The minimum atomic E-state index is -0.320. The van der Waals surface area contributed by atoms with Crippen LogP contribution in [0.4, 0.5) is 4.39 Å². The van der Waals surface area contributed by atoms with Gasteiger partial charge in [0.2, 0.25) is 0 Å². The highest BCUT2D eigenvalue weighted by Gasteiger charge is 2.30. The molecule has 0 saturated carbocycles. The lowest BCUT2D eigenvalue weighted by molar-refractivity contribution is 0.0912. The average Bonchev–Trinajstić information content (AvgIpc) is 2.64. The van der Waals surface area contributed by atoms with Crippen LogP contribution in [0.5, 0.6) is 0 Å². The quantitative estimate of drug-likeness (QED) is 0.802. The van der Waals surface area contributed by atoms with E-state index in [1.54, 1.807) is 0 Å². The number of carbonyl (C=O) groups is 1. The summed E-state index contributed by atoms with van der Waals surface area (Å²) in [5.74, 6) is -0.458. The Morgan fingerprint density at radius 3 is 2.94 bits per heavy atom. The van der Waals surface area contributed by atoms with E-state index in [2.05, 4.69) is 10.6 Å². The first-order valence-corrected chi connectivity index (χ1v) is 6.56. The third kappa shape index (κ3) is 2.95. The summed E-state index contributed by atoms with van der Waals surface area (Å²) in [5, 5.41) is 6.22. The summed E-state index contributed by atoms with van der Waals surface area (Å²) in [7, 11) is 0. The number of carbonyl (C=O) groups excluding carboxylic acids is 1. The van der Waals surface area contributed by atoms with Crippen LogP contribution in [0.15, 0.2) is 18.2 Å². The molecule has 1 heterocycles. The predicted molar refractivity (Wildman–Crippen MR) is 72.5 cm³/mol. The first kappa shape index (κ1) is 12.8. The van der Waals surface area contributed by atoms with E-state index in [0.29, 0.717) is 9.13 Å². The molecule has 1 saturated heterocycles. The van der Waals surface area contributed by atoms with Crippen LogP contribution in [-0.4, -0.2) is 24.5 Å². The second kappa shape index (κ2) is 4.89. The largest absolute Gasteiger partial charge is 0.346 e. The molecule has 0 radical (unpaired) electrons. The fourth-order valence-electron chi connectivity index (χ4n) is 1.94. The highest BCUT2D eigenvalue weighted by molar-refractivity contribution is 14.1. The van der Waals surface area contributed by atoms with Crippen LogP contribution < -0.4 is 10.6 Å². The van der Waals surface area contributed by atoms with Gasteiger partial charge in [-0.2, -0.15) is 0 Å². The Morgan fingerprint density at radius 1 is 1.59 bits per heavy atom. The topological polar surface area (TPSA) is 41.1 Å². The number of nitrogens with one attached hydrogen (secondary N) is 2. The molecule has 0 aromatic heterocycles. The Bertz CT molecular complexity index is 444. The van der Waals surface area contributed by atoms with Crippen molar-refractivity contribution < 1.29 is 9.18 Å². The molecule has 1 aromatic rings. The van der Waals surface area contributed by atoms with Gasteiger partial charge in [0.25, 0.3) is 5.91 Å². The monoisotopic (exact) mass is 348 g/mol. The number of benzene rings is 1. The predicted octanol–water partition coefficient (Wildman–Crippen LogP) is 1.91. The molecule has 1 fully saturated rings. The highest BCUT2D eigenvalue weighted by Crippen LogP contribution is 2.18. The molecule has 1 aromatic carbocycles. The molecule has 2 rings (SSSR count). The van der Waals surface area contributed by atoms with E-state index >= 15 is 0 Å². The molecular weight excluding hydrogens is 334 g/mol. The minimum absolute atomic E-state index is 0.138. The zero-order valence-corrected chi connectivity index (χ0v) is 11.7. The van der Waals surface area contributed by atoms with E-state index in [0.717, 1.165) is 19.5 Å². The van der Waals surface area contributed by atoms with E-state index < -0.39 is 0 Å². The van der Waals surface area contributed by atoms with Crippen LogP contribution in [0.1, 0.15) is 23.7 Å². The molecule has 1 atom stereocenters. The lowest BCUT2D eigenvalue weighted by Crippen LogP contribution is -2.47. The number of halogens is 2. The van der Waals surface area contributed by atoms with E-state index in [1.165, 1.54) is 18.2 Å². The van der Waals surface area contributed by atoms with Gasteiger partial charge in [0.05, 0.1) is 11.1 Å². The van der Waals surface area contributed by atoms with Gasteiger partial charge < -0.3 is 10.6 Å². The maximum absolute atomic E-state index is 12.9. The lowest BCUT2D eigenvalue weighted by Gasteiger charge is -2.24. The number of amides is 1. The zero-order valence-electron chi connectivity index (χ0n) is 9.52. The van der Waals surface area contributed by atoms with E-state index in [-0.39, 0.29) is 17.3 Å². The van der Waals surface area contributed by atoms with E-state index in [4.69, 9.17) is 0 Å². The molecule has 1 unspecified atom stereocenters. The molecule has 1 aliphatic heterocycles. The average molecular weight is 348 g/mol. The van der Waals surface area contributed by atoms with Crippen LogP contribution >= 0.6 is 22.6 Å². The molecule has 0 aliphatic carbocycles. The molecule has 1 amide bonds. The van der Waals surface area contributed by atoms with Gasteiger partial charge in [-0.25, -0.2) is 4.39 Å². The minimum Gasteiger partial charge on any atom is -0.346 e. The Morgan fingerprint density at radius 2 is 2.35 bits per heavy atom. The Balaban J connectivity index is 2.14. The van der Waals surface area contributed by atoms with Crippen molar-refractivity contribution in [2.45, 2.75) is 18.9 Å². The number of hydrogen-bond donors (Lipinski definition) is 2. The third-order valence-electron chi connectivity index (χ3n) is 2.96. The fraction of sp³-hybridized carbons (Fsp3) is 0.417. The zero-order chi connectivity index (χ0) is 12.5. The SMILES string of the molecule is CC1(NC(=O)c2ccc(F)cc2I)CCNC1. The van der Waals surface area contributed by atoms with Gasteiger partial charge in [-0.3, -0.25) is 4.79 Å². The van der Waals surface area contributed by atoms with Crippen LogP contribution in [0.3, 0.4) is 0 Å². The van der Waals surface area contributed by atoms with Crippen molar-refractivity contribution in [1.82, 2.24) is 10.6 Å². The summed E-state index contributed by atoms with van der Waals surface area (Å²) in [6.07, 6.45) is 0.913. The van der Waals surface area contributed by atoms with E-state index in [9.17, 15) is 9.18 Å². The maximum Gasteiger partial charge on any atom is 0.252 e. The Kier molecular flexibility index (Phi) is 3.67. The summed E-state index contributed by atoms with van der Waals surface area (Å²) in [5.41, 5.74) is 0.328. The number of hydrogen-bond acceptors (Lipinski definition) is 2. The molecule has 0 bridgehead atoms.